The third-order valence-corrected chi connectivity index (χ3v) is 3.79. The highest BCUT2D eigenvalue weighted by Crippen LogP contribution is 2.27. The highest BCUT2D eigenvalue weighted by atomic mass is 16.2. The molecule has 1 N–H and O–H groups in total. The average molecular weight is 261 g/mol. The van der Waals surface area contributed by atoms with Gasteiger partial charge in [0.15, 0.2) is 0 Å². The first-order valence-electron chi connectivity index (χ1n) is 6.81. The molecule has 0 unspecified atom stereocenters. The molecular formula is C13H19N5O. The molecule has 2 fully saturated rings. The van der Waals surface area contributed by atoms with Gasteiger partial charge in [0.05, 0.1) is 12.4 Å². The van der Waals surface area contributed by atoms with Crippen molar-refractivity contribution in [3.63, 3.8) is 0 Å². The van der Waals surface area contributed by atoms with Gasteiger partial charge >= 0.3 is 0 Å². The van der Waals surface area contributed by atoms with Crippen molar-refractivity contribution < 1.29 is 4.79 Å². The fraction of sp³-hybridized carbons (Fsp3) is 0.615. The highest BCUT2D eigenvalue weighted by molar-refractivity contribution is 5.92. The SMILES string of the molecule is CNc1cnc(C(=O)N2CCN(C3CC3)CC2)cn1. The number of aromatic nitrogens is 2. The predicted molar refractivity (Wildman–Crippen MR) is 72.1 cm³/mol. The molecule has 1 aliphatic heterocycles. The molecular weight excluding hydrogens is 242 g/mol. The number of carbonyl (C=O) groups is 1. The fourth-order valence-electron chi connectivity index (χ4n) is 2.46. The molecule has 3 rings (SSSR count). The molecule has 6 heteroatoms. The van der Waals surface area contributed by atoms with Crippen molar-refractivity contribution in [1.82, 2.24) is 19.8 Å². The van der Waals surface area contributed by atoms with Gasteiger partial charge in [-0.05, 0) is 12.8 Å². The molecule has 0 spiro atoms. The van der Waals surface area contributed by atoms with Crippen molar-refractivity contribution in [1.29, 1.82) is 0 Å². The van der Waals surface area contributed by atoms with E-state index in [1.54, 1.807) is 19.4 Å². The molecule has 0 atom stereocenters. The molecule has 0 radical (unpaired) electrons. The van der Waals surface area contributed by atoms with E-state index in [1.807, 2.05) is 4.90 Å². The number of piperazine rings is 1. The van der Waals surface area contributed by atoms with Crippen LogP contribution >= 0.6 is 0 Å². The number of anilines is 1. The minimum atomic E-state index is -0.00870. The van der Waals surface area contributed by atoms with E-state index in [0.29, 0.717) is 11.5 Å². The Morgan fingerprint density at radius 1 is 1.21 bits per heavy atom. The topological polar surface area (TPSA) is 61.4 Å². The summed E-state index contributed by atoms with van der Waals surface area (Å²) in [5.74, 6) is 0.667. The maximum absolute atomic E-state index is 12.3. The van der Waals surface area contributed by atoms with Crippen LogP contribution in [0.1, 0.15) is 23.3 Å². The Morgan fingerprint density at radius 2 is 1.95 bits per heavy atom. The van der Waals surface area contributed by atoms with E-state index in [0.717, 1.165) is 32.2 Å². The maximum atomic E-state index is 12.3. The first-order chi connectivity index (χ1) is 9.28. The minimum absolute atomic E-state index is 0.00870. The van der Waals surface area contributed by atoms with Crippen LogP contribution in [0.25, 0.3) is 0 Å². The maximum Gasteiger partial charge on any atom is 0.274 e. The normalized spacial score (nSPS) is 20.4. The summed E-state index contributed by atoms with van der Waals surface area (Å²) in [6.45, 7) is 3.56. The number of hydrogen-bond donors (Lipinski definition) is 1. The first-order valence-corrected chi connectivity index (χ1v) is 6.81. The van der Waals surface area contributed by atoms with Gasteiger partial charge in [0.25, 0.3) is 5.91 Å². The molecule has 102 valence electrons. The number of carbonyl (C=O) groups excluding carboxylic acids is 1. The van der Waals surface area contributed by atoms with E-state index in [4.69, 9.17) is 0 Å². The van der Waals surface area contributed by atoms with Crippen LogP contribution in [-0.2, 0) is 0 Å². The Labute approximate surface area is 112 Å². The summed E-state index contributed by atoms with van der Waals surface area (Å²) < 4.78 is 0. The van der Waals surface area contributed by atoms with Crippen LogP contribution < -0.4 is 5.32 Å². The van der Waals surface area contributed by atoms with Crippen molar-refractivity contribution in [2.45, 2.75) is 18.9 Å². The fourth-order valence-corrected chi connectivity index (χ4v) is 2.46. The zero-order valence-corrected chi connectivity index (χ0v) is 11.2. The molecule has 2 aliphatic rings. The van der Waals surface area contributed by atoms with Crippen LogP contribution in [0.5, 0.6) is 0 Å². The van der Waals surface area contributed by atoms with Gasteiger partial charge in [-0.2, -0.15) is 0 Å². The standard InChI is InChI=1S/C13H19N5O/c1-14-12-9-15-11(8-16-12)13(19)18-6-4-17(5-7-18)10-2-3-10/h8-10H,2-7H2,1H3,(H,14,16). The summed E-state index contributed by atoms with van der Waals surface area (Å²) in [7, 11) is 1.78. The van der Waals surface area contributed by atoms with Crippen molar-refractivity contribution >= 4 is 11.7 Å². The predicted octanol–water partition coefficient (Wildman–Crippen LogP) is 0.438. The molecule has 6 nitrogen and oxygen atoms in total. The Hall–Kier alpha value is -1.69. The van der Waals surface area contributed by atoms with Gasteiger partial charge in [-0.15, -0.1) is 0 Å². The van der Waals surface area contributed by atoms with Gasteiger partial charge in [0, 0.05) is 39.3 Å². The zero-order valence-electron chi connectivity index (χ0n) is 11.2. The second kappa shape index (κ2) is 5.13. The molecule has 0 bridgehead atoms. The number of amides is 1. The second-order valence-corrected chi connectivity index (χ2v) is 5.10. The quantitative estimate of drug-likeness (QED) is 0.855. The molecule has 1 aromatic heterocycles. The Morgan fingerprint density at radius 3 is 2.47 bits per heavy atom. The number of nitrogens with zero attached hydrogens (tertiary/aromatic N) is 4. The van der Waals surface area contributed by atoms with Gasteiger partial charge in [-0.25, -0.2) is 9.97 Å². The van der Waals surface area contributed by atoms with Crippen LogP contribution in [0.3, 0.4) is 0 Å². The zero-order chi connectivity index (χ0) is 13.2. The third-order valence-electron chi connectivity index (χ3n) is 3.79. The van der Waals surface area contributed by atoms with Crippen molar-refractivity contribution in [2.24, 2.45) is 0 Å². The van der Waals surface area contributed by atoms with Gasteiger partial charge in [0.1, 0.15) is 11.5 Å². The highest BCUT2D eigenvalue weighted by Gasteiger charge is 2.32. The average Bonchev–Trinajstić information content (AvgIpc) is 3.31. The minimum Gasteiger partial charge on any atom is -0.372 e. The molecule has 0 aromatic carbocycles. The lowest BCUT2D eigenvalue weighted by Crippen LogP contribution is -2.49. The van der Waals surface area contributed by atoms with Crippen molar-refractivity contribution in [3.8, 4) is 0 Å². The van der Waals surface area contributed by atoms with E-state index in [-0.39, 0.29) is 5.91 Å². The number of rotatable bonds is 3. The van der Waals surface area contributed by atoms with Gasteiger partial charge in [-0.3, -0.25) is 9.69 Å². The van der Waals surface area contributed by atoms with Crippen LogP contribution in [0.2, 0.25) is 0 Å². The molecule has 1 amide bonds. The molecule has 1 aliphatic carbocycles. The summed E-state index contributed by atoms with van der Waals surface area (Å²) in [6, 6.07) is 0.784. The monoisotopic (exact) mass is 261 g/mol. The number of hydrogen-bond acceptors (Lipinski definition) is 5. The van der Waals surface area contributed by atoms with Crippen LogP contribution in [-0.4, -0.2) is 64.9 Å². The summed E-state index contributed by atoms with van der Waals surface area (Å²) in [6.07, 6.45) is 5.78. The third kappa shape index (κ3) is 2.68. The molecule has 19 heavy (non-hydrogen) atoms. The molecule has 1 aromatic rings. The smallest absolute Gasteiger partial charge is 0.274 e. The second-order valence-electron chi connectivity index (χ2n) is 5.10. The number of nitrogens with one attached hydrogen (secondary N) is 1. The Balaban J connectivity index is 1.60. The van der Waals surface area contributed by atoms with Crippen molar-refractivity contribution in [2.75, 3.05) is 38.5 Å². The van der Waals surface area contributed by atoms with Crippen LogP contribution in [0.4, 0.5) is 5.82 Å². The lowest BCUT2D eigenvalue weighted by molar-refractivity contribution is 0.0621. The lowest BCUT2D eigenvalue weighted by atomic mass is 10.2. The molecule has 1 saturated heterocycles. The van der Waals surface area contributed by atoms with Crippen LogP contribution in [0, 0.1) is 0 Å². The lowest BCUT2D eigenvalue weighted by Gasteiger charge is -2.34. The van der Waals surface area contributed by atoms with Gasteiger partial charge in [-0.1, -0.05) is 0 Å². The van der Waals surface area contributed by atoms with E-state index in [9.17, 15) is 4.79 Å². The van der Waals surface area contributed by atoms with E-state index >= 15 is 0 Å². The van der Waals surface area contributed by atoms with Gasteiger partial charge in [0.2, 0.25) is 0 Å². The van der Waals surface area contributed by atoms with Gasteiger partial charge < -0.3 is 10.2 Å². The van der Waals surface area contributed by atoms with Crippen LogP contribution in [0.15, 0.2) is 12.4 Å². The van der Waals surface area contributed by atoms with Crippen molar-refractivity contribution in [3.05, 3.63) is 18.1 Å². The van der Waals surface area contributed by atoms with E-state index in [2.05, 4.69) is 20.2 Å². The Bertz CT molecular complexity index is 449. The summed E-state index contributed by atoms with van der Waals surface area (Å²) in [5.41, 5.74) is 0.430. The molecule has 2 heterocycles. The van der Waals surface area contributed by atoms with E-state index < -0.39 is 0 Å². The summed E-state index contributed by atoms with van der Waals surface area (Å²) >= 11 is 0. The van der Waals surface area contributed by atoms with E-state index in [1.165, 1.54) is 12.8 Å². The summed E-state index contributed by atoms with van der Waals surface area (Å²) in [5, 5.41) is 2.89. The summed E-state index contributed by atoms with van der Waals surface area (Å²) in [4.78, 5) is 24.9. The molecule has 1 saturated carbocycles. The largest absolute Gasteiger partial charge is 0.372 e. The first kappa shape index (κ1) is 12.3. The Kier molecular flexibility index (Phi) is 3.33.